The van der Waals surface area contributed by atoms with Crippen molar-refractivity contribution in [2.24, 2.45) is 5.92 Å². The number of carbonyl (C=O) groups is 3. The number of aromatic amines is 1. The van der Waals surface area contributed by atoms with Gasteiger partial charge in [-0.1, -0.05) is 0 Å². The Bertz CT molecular complexity index is 969. The number of aromatic nitrogens is 1. The van der Waals surface area contributed by atoms with E-state index in [4.69, 9.17) is 9.47 Å². The van der Waals surface area contributed by atoms with Crippen LogP contribution >= 0.6 is 0 Å². The summed E-state index contributed by atoms with van der Waals surface area (Å²) in [5.74, 6) is 0.308. The van der Waals surface area contributed by atoms with Crippen LogP contribution in [0.2, 0.25) is 0 Å². The number of hydrogen-bond donors (Lipinski definition) is 1. The van der Waals surface area contributed by atoms with Crippen LogP contribution < -0.4 is 4.74 Å². The number of Topliss-reactive ketones (excluding diaryl/α,β-unsaturated/α-hetero) is 2. The first-order valence-corrected chi connectivity index (χ1v) is 10.5. The maximum absolute atomic E-state index is 13.1. The molecule has 166 valence electrons. The number of rotatable bonds is 7. The van der Waals surface area contributed by atoms with Gasteiger partial charge in [-0.25, -0.2) is 4.79 Å². The SMILES string of the molecule is COC(=O)c1c(C)[nH]c(C(=O)C(C)N2CCC(C(=O)c3ccc(OC)cc3)CC2)c1C. The third kappa shape index (κ3) is 4.56. The molecule has 0 amide bonds. The van der Waals surface area contributed by atoms with Gasteiger partial charge in [-0.05, 0) is 76.5 Å². The van der Waals surface area contributed by atoms with Crippen molar-refractivity contribution < 1.29 is 23.9 Å². The van der Waals surface area contributed by atoms with Crippen LogP contribution in [-0.4, -0.2) is 60.8 Å². The van der Waals surface area contributed by atoms with E-state index in [0.29, 0.717) is 54.0 Å². The smallest absolute Gasteiger partial charge is 0.339 e. The van der Waals surface area contributed by atoms with Crippen LogP contribution in [-0.2, 0) is 4.74 Å². The number of carbonyl (C=O) groups excluding carboxylic acids is 3. The van der Waals surface area contributed by atoms with Gasteiger partial charge in [0.05, 0.1) is 31.5 Å². The lowest BCUT2D eigenvalue weighted by Crippen LogP contribution is -2.45. The third-order valence-corrected chi connectivity index (χ3v) is 6.28. The van der Waals surface area contributed by atoms with Gasteiger partial charge in [0.1, 0.15) is 5.75 Å². The summed E-state index contributed by atoms with van der Waals surface area (Å²) in [6.07, 6.45) is 1.41. The zero-order valence-electron chi connectivity index (χ0n) is 18.8. The lowest BCUT2D eigenvalue weighted by Gasteiger charge is -2.34. The quantitative estimate of drug-likeness (QED) is 0.538. The van der Waals surface area contributed by atoms with Gasteiger partial charge in [-0.15, -0.1) is 0 Å². The normalized spacial score (nSPS) is 16.0. The van der Waals surface area contributed by atoms with Crippen LogP contribution in [0.25, 0.3) is 0 Å². The lowest BCUT2D eigenvalue weighted by atomic mass is 9.88. The summed E-state index contributed by atoms with van der Waals surface area (Å²) in [5, 5.41) is 0. The number of piperidine rings is 1. The number of likely N-dealkylation sites (tertiary alicyclic amines) is 1. The minimum absolute atomic E-state index is 0.0488. The van der Waals surface area contributed by atoms with Gasteiger partial charge >= 0.3 is 5.97 Å². The Labute approximate surface area is 182 Å². The van der Waals surface area contributed by atoms with Crippen molar-refractivity contribution in [1.82, 2.24) is 9.88 Å². The average Bonchev–Trinajstić information content (AvgIpc) is 3.11. The zero-order chi connectivity index (χ0) is 22.7. The molecule has 1 aromatic heterocycles. The Balaban J connectivity index is 1.64. The molecule has 1 atom stereocenters. The molecule has 7 heteroatoms. The fraction of sp³-hybridized carbons (Fsp3) is 0.458. The van der Waals surface area contributed by atoms with Crippen LogP contribution in [0.1, 0.15) is 62.2 Å². The van der Waals surface area contributed by atoms with E-state index in [0.717, 1.165) is 5.75 Å². The van der Waals surface area contributed by atoms with Crippen molar-refractivity contribution in [2.45, 2.75) is 39.7 Å². The fourth-order valence-electron chi connectivity index (χ4n) is 4.32. The van der Waals surface area contributed by atoms with E-state index in [9.17, 15) is 14.4 Å². The van der Waals surface area contributed by atoms with Crippen molar-refractivity contribution in [3.8, 4) is 5.75 Å². The lowest BCUT2D eigenvalue weighted by molar-refractivity contribution is 0.0599. The van der Waals surface area contributed by atoms with Crippen molar-refractivity contribution >= 4 is 17.5 Å². The Kier molecular flexibility index (Phi) is 6.95. The zero-order valence-corrected chi connectivity index (χ0v) is 18.8. The molecule has 0 saturated carbocycles. The van der Waals surface area contributed by atoms with E-state index < -0.39 is 5.97 Å². The number of H-pyrrole nitrogens is 1. The minimum Gasteiger partial charge on any atom is -0.497 e. The van der Waals surface area contributed by atoms with Gasteiger partial charge in [0.2, 0.25) is 0 Å². The van der Waals surface area contributed by atoms with Crippen LogP contribution in [0.5, 0.6) is 5.75 Å². The number of ether oxygens (including phenoxy) is 2. The largest absolute Gasteiger partial charge is 0.497 e. The molecule has 1 aliphatic heterocycles. The van der Waals surface area contributed by atoms with Crippen molar-refractivity contribution in [1.29, 1.82) is 0 Å². The van der Waals surface area contributed by atoms with Gasteiger partial charge in [-0.2, -0.15) is 0 Å². The Hall–Kier alpha value is -2.93. The topological polar surface area (TPSA) is 88.7 Å². The second kappa shape index (κ2) is 9.47. The van der Waals surface area contributed by atoms with Gasteiger partial charge in [0.25, 0.3) is 0 Å². The van der Waals surface area contributed by atoms with Crippen LogP contribution in [0.4, 0.5) is 0 Å². The molecule has 2 heterocycles. The summed E-state index contributed by atoms with van der Waals surface area (Å²) < 4.78 is 9.98. The molecule has 1 aromatic carbocycles. The maximum atomic E-state index is 13.1. The summed E-state index contributed by atoms with van der Waals surface area (Å²) in [6, 6.07) is 6.85. The molecular formula is C24H30N2O5. The van der Waals surface area contributed by atoms with Crippen molar-refractivity contribution in [2.75, 3.05) is 27.3 Å². The van der Waals surface area contributed by atoms with Crippen LogP contribution in [0.15, 0.2) is 24.3 Å². The number of nitrogens with one attached hydrogen (secondary N) is 1. The van der Waals surface area contributed by atoms with E-state index in [2.05, 4.69) is 9.88 Å². The second-order valence-electron chi connectivity index (χ2n) is 8.06. The van der Waals surface area contributed by atoms with Gasteiger partial charge in [0, 0.05) is 17.2 Å². The molecule has 0 bridgehead atoms. The molecule has 31 heavy (non-hydrogen) atoms. The molecule has 2 aromatic rings. The van der Waals surface area contributed by atoms with E-state index in [-0.39, 0.29) is 23.5 Å². The maximum Gasteiger partial charge on any atom is 0.339 e. The highest BCUT2D eigenvalue weighted by Crippen LogP contribution is 2.26. The second-order valence-corrected chi connectivity index (χ2v) is 8.06. The molecule has 0 aliphatic carbocycles. The van der Waals surface area contributed by atoms with E-state index >= 15 is 0 Å². The first-order chi connectivity index (χ1) is 14.8. The molecule has 1 fully saturated rings. The third-order valence-electron chi connectivity index (χ3n) is 6.28. The first kappa shape index (κ1) is 22.7. The molecular weight excluding hydrogens is 396 g/mol. The summed E-state index contributed by atoms with van der Waals surface area (Å²) in [6.45, 7) is 6.73. The fourth-order valence-corrected chi connectivity index (χ4v) is 4.32. The highest BCUT2D eigenvalue weighted by molar-refractivity contribution is 6.03. The molecule has 1 N–H and O–H groups in total. The Morgan fingerprint density at radius 3 is 2.23 bits per heavy atom. The van der Waals surface area contributed by atoms with Gasteiger partial charge in [-0.3, -0.25) is 14.5 Å². The van der Waals surface area contributed by atoms with Gasteiger partial charge in [0.15, 0.2) is 11.6 Å². The van der Waals surface area contributed by atoms with E-state index in [1.165, 1.54) is 7.11 Å². The average molecular weight is 427 g/mol. The Morgan fingerprint density at radius 1 is 1.06 bits per heavy atom. The predicted octanol–water partition coefficient (Wildman–Crippen LogP) is 3.59. The van der Waals surface area contributed by atoms with Crippen LogP contribution in [0, 0.1) is 19.8 Å². The molecule has 3 rings (SSSR count). The Morgan fingerprint density at radius 2 is 1.68 bits per heavy atom. The van der Waals surface area contributed by atoms with E-state index in [1.54, 1.807) is 45.2 Å². The predicted molar refractivity (Wildman–Crippen MR) is 117 cm³/mol. The molecule has 0 spiro atoms. The number of esters is 1. The van der Waals surface area contributed by atoms with E-state index in [1.807, 2.05) is 6.92 Å². The number of ketones is 2. The molecule has 1 aliphatic rings. The number of hydrogen-bond acceptors (Lipinski definition) is 6. The van der Waals surface area contributed by atoms with Gasteiger partial charge < -0.3 is 14.5 Å². The summed E-state index contributed by atoms with van der Waals surface area (Å²) in [5.41, 5.74) is 2.80. The molecule has 1 unspecified atom stereocenters. The summed E-state index contributed by atoms with van der Waals surface area (Å²) in [7, 11) is 2.93. The monoisotopic (exact) mass is 426 g/mol. The number of nitrogens with zero attached hydrogens (tertiary/aromatic N) is 1. The molecule has 0 radical (unpaired) electrons. The van der Waals surface area contributed by atoms with Crippen molar-refractivity contribution in [3.05, 3.63) is 52.3 Å². The molecule has 7 nitrogen and oxygen atoms in total. The van der Waals surface area contributed by atoms with Crippen molar-refractivity contribution in [3.63, 3.8) is 0 Å². The highest BCUT2D eigenvalue weighted by Gasteiger charge is 2.32. The summed E-state index contributed by atoms with van der Waals surface area (Å²) >= 11 is 0. The highest BCUT2D eigenvalue weighted by atomic mass is 16.5. The van der Waals surface area contributed by atoms with Crippen LogP contribution in [0.3, 0.4) is 0 Å². The first-order valence-electron chi connectivity index (χ1n) is 10.5. The minimum atomic E-state index is -0.448. The number of methoxy groups -OCH3 is 2. The standard InChI is InChI=1S/C24H30N2O5/c1-14-20(24(29)31-5)15(2)25-21(14)22(27)16(3)26-12-10-18(11-13-26)23(28)17-6-8-19(30-4)9-7-17/h6-9,16,18,25H,10-13H2,1-5H3. The summed E-state index contributed by atoms with van der Waals surface area (Å²) in [4.78, 5) is 43.1. The number of benzene rings is 1. The number of aryl methyl sites for hydroxylation is 1. The molecule has 1 saturated heterocycles.